The molecule has 30 heavy (non-hydrogen) atoms. The molecule has 0 heterocycles. The fourth-order valence-corrected chi connectivity index (χ4v) is 5.26. The molecule has 170 valence electrons. The molecule has 3 rings (SSSR count). The van der Waals surface area contributed by atoms with Gasteiger partial charge in [-0.05, 0) is 43.4 Å². The van der Waals surface area contributed by atoms with Crippen molar-refractivity contribution in [3.05, 3.63) is 29.1 Å². The van der Waals surface area contributed by atoms with Crippen molar-refractivity contribution in [2.45, 2.75) is 76.9 Å². The Morgan fingerprint density at radius 2 is 1.30 bits per heavy atom. The number of hydrogen-bond acceptors (Lipinski definition) is 3. The maximum atomic E-state index is 13.6. The molecule has 0 bridgehead atoms. The third kappa shape index (κ3) is 5.07. The van der Waals surface area contributed by atoms with Gasteiger partial charge < -0.3 is 15.2 Å². The lowest BCUT2D eigenvalue weighted by atomic mass is 9.60. The molecular formula is C22H30F5NO2. The average Bonchev–Trinajstić information content (AvgIpc) is 2.77. The van der Waals surface area contributed by atoms with Crippen LogP contribution in [-0.2, 0) is 4.74 Å². The second-order valence-corrected chi connectivity index (χ2v) is 8.62. The van der Waals surface area contributed by atoms with E-state index < -0.39 is 41.1 Å². The topological polar surface area (TPSA) is 44.5 Å². The molecule has 2 N–H and O–H groups in total. The van der Waals surface area contributed by atoms with Gasteiger partial charge in [0.2, 0.25) is 29.1 Å². The standard InChI is InChI=1S/C22H30F5NO2/c23-16-17(24)19(26)21(20(27)18(16)25)30-12-11-29-15(28)13-22(9-5-2-6-10-22)14-7-3-1-4-8-14/h14-15H,1-13,28H2. The molecule has 0 saturated heterocycles. The molecule has 2 fully saturated rings. The molecule has 1 unspecified atom stereocenters. The predicted molar refractivity (Wildman–Crippen MR) is 102 cm³/mol. The molecule has 2 saturated carbocycles. The summed E-state index contributed by atoms with van der Waals surface area (Å²) in [6.07, 6.45) is 12.2. The van der Waals surface area contributed by atoms with Gasteiger partial charge in [0.05, 0.1) is 6.61 Å². The van der Waals surface area contributed by atoms with Crippen LogP contribution in [0.2, 0.25) is 0 Å². The molecule has 8 heteroatoms. The van der Waals surface area contributed by atoms with Gasteiger partial charge in [-0.1, -0.05) is 38.5 Å². The minimum Gasteiger partial charge on any atom is -0.485 e. The van der Waals surface area contributed by atoms with E-state index >= 15 is 0 Å². The Morgan fingerprint density at radius 1 is 0.767 bits per heavy atom. The van der Waals surface area contributed by atoms with Crippen LogP contribution in [0.1, 0.15) is 70.6 Å². The van der Waals surface area contributed by atoms with E-state index in [1.165, 1.54) is 51.4 Å². The Bertz CT molecular complexity index is 689. The van der Waals surface area contributed by atoms with Crippen LogP contribution >= 0.6 is 0 Å². The van der Waals surface area contributed by atoms with Gasteiger partial charge in [-0.15, -0.1) is 0 Å². The van der Waals surface area contributed by atoms with Crippen molar-refractivity contribution in [1.29, 1.82) is 0 Å². The number of rotatable bonds is 8. The van der Waals surface area contributed by atoms with E-state index in [0.717, 1.165) is 12.8 Å². The molecular weight excluding hydrogens is 405 g/mol. The third-order valence-corrected chi connectivity index (χ3v) is 6.76. The normalized spacial score (nSPS) is 20.9. The van der Waals surface area contributed by atoms with Crippen LogP contribution in [0.5, 0.6) is 5.75 Å². The zero-order chi connectivity index (χ0) is 21.7. The molecule has 0 radical (unpaired) electrons. The SMILES string of the molecule is NC(CC1(C2CCCCC2)CCCCC1)OCCOc1c(F)c(F)c(F)c(F)c1F. The van der Waals surface area contributed by atoms with Crippen LogP contribution < -0.4 is 10.5 Å². The van der Waals surface area contributed by atoms with Gasteiger partial charge in [0.1, 0.15) is 12.8 Å². The third-order valence-electron chi connectivity index (χ3n) is 6.76. The van der Waals surface area contributed by atoms with Crippen molar-refractivity contribution in [2.75, 3.05) is 13.2 Å². The van der Waals surface area contributed by atoms with Crippen molar-refractivity contribution in [1.82, 2.24) is 0 Å². The number of nitrogens with two attached hydrogens (primary N) is 1. The molecule has 1 aromatic rings. The Balaban J connectivity index is 1.54. The molecule has 0 aliphatic heterocycles. The van der Waals surface area contributed by atoms with E-state index in [1.807, 2.05) is 0 Å². The molecule has 0 spiro atoms. The van der Waals surface area contributed by atoms with E-state index in [2.05, 4.69) is 0 Å². The number of hydrogen-bond donors (Lipinski definition) is 1. The van der Waals surface area contributed by atoms with Gasteiger partial charge in [-0.25, -0.2) is 13.2 Å². The van der Waals surface area contributed by atoms with E-state index in [-0.39, 0.29) is 18.6 Å². The number of halogens is 5. The van der Waals surface area contributed by atoms with Crippen LogP contribution in [0.15, 0.2) is 0 Å². The zero-order valence-electron chi connectivity index (χ0n) is 17.1. The highest BCUT2D eigenvalue weighted by molar-refractivity contribution is 5.29. The highest BCUT2D eigenvalue weighted by Crippen LogP contribution is 2.51. The number of benzene rings is 1. The minimum atomic E-state index is -2.21. The van der Waals surface area contributed by atoms with E-state index in [9.17, 15) is 22.0 Å². The minimum absolute atomic E-state index is 0.110. The van der Waals surface area contributed by atoms with Crippen molar-refractivity contribution < 1.29 is 31.4 Å². The summed E-state index contributed by atoms with van der Waals surface area (Å²) in [5.41, 5.74) is 6.38. The van der Waals surface area contributed by atoms with Gasteiger partial charge >= 0.3 is 0 Å². The van der Waals surface area contributed by atoms with Crippen molar-refractivity contribution in [3.8, 4) is 5.75 Å². The lowest BCUT2D eigenvalue weighted by Gasteiger charge is -2.46. The fourth-order valence-electron chi connectivity index (χ4n) is 5.26. The monoisotopic (exact) mass is 435 g/mol. The Hall–Kier alpha value is -1.41. The maximum absolute atomic E-state index is 13.6. The lowest BCUT2D eigenvalue weighted by Crippen LogP contribution is -2.41. The van der Waals surface area contributed by atoms with Gasteiger partial charge in [0, 0.05) is 0 Å². The summed E-state index contributed by atoms with van der Waals surface area (Å²) in [6, 6.07) is 0. The van der Waals surface area contributed by atoms with Crippen LogP contribution in [0.3, 0.4) is 0 Å². The maximum Gasteiger partial charge on any atom is 0.206 e. The summed E-state index contributed by atoms with van der Waals surface area (Å²) in [5.74, 6) is -10.9. The van der Waals surface area contributed by atoms with Crippen molar-refractivity contribution in [3.63, 3.8) is 0 Å². The second-order valence-electron chi connectivity index (χ2n) is 8.62. The smallest absolute Gasteiger partial charge is 0.206 e. The Kier molecular flexibility index (Phi) is 7.96. The first-order valence-electron chi connectivity index (χ1n) is 10.9. The van der Waals surface area contributed by atoms with Crippen molar-refractivity contribution >= 4 is 0 Å². The van der Waals surface area contributed by atoms with Gasteiger partial charge in [0.15, 0.2) is 5.75 Å². The van der Waals surface area contributed by atoms with Crippen LogP contribution in [-0.4, -0.2) is 19.4 Å². The highest BCUT2D eigenvalue weighted by Gasteiger charge is 2.41. The van der Waals surface area contributed by atoms with Gasteiger partial charge in [-0.3, -0.25) is 0 Å². The summed E-state index contributed by atoms with van der Waals surface area (Å²) in [6.45, 7) is -0.482. The Morgan fingerprint density at radius 3 is 1.90 bits per heavy atom. The number of ether oxygens (including phenoxy) is 2. The summed E-state index contributed by atoms with van der Waals surface area (Å²) < 4.78 is 77.2. The molecule has 2 aliphatic carbocycles. The first kappa shape index (κ1) is 23.3. The summed E-state index contributed by atoms with van der Waals surface area (Å²) in [5, 5.41) is 0. The first-order chi connectivity index (χ1) is 14.4. The summed E-state index contributed by atoms with van der Waals surface area (Å²) in [7, 11) is 0. The molecule has 2 aliphatic rings. The van der Waals surface area contributed by atoms with E-state index in [1.54, 1.807) is 0 Å². The zero-order valence-corrected chi connectivity index (χ0v) is 17.1. The molecule has 1 aromatic carbocycles. The molecule has 0 aromatic heterocycles. The van der Waals surface area contributed by atoms with E-state index in [4.69, 9.17) is 15.2 Å². The highest BCUT2D eigenvalue weighted by atomic mass is 19.2. The second kappa shape index (κ2) is 10.3. The molecule has 0 amide bonds. The fraction of sp³-hybridized carbons (Fsp3) is 0.727. The van der Waals surface area contributed by atoms with Crippen LogP contribution in [0, 0.1) is 40.4 Å². The largest absolute Gasteiger partial charge is 0.485 e. The average molecular weight is 435 g/mol. The molecule has 1 atom stereocenters. The van der Waals surface area contributed by atoms with Gasteiger partial charge in [-0.2, -0.15) is 8.78 Å². The first-order valence-corrected chi connectivity index (χ1v) is 10.9. The predicted octanol–water partition coefficient (Wildman–Crippen LogP) is 5.98. The Labute approximate surface area is 174 Å². The summed E-state index contributed by atoms with van der Waals surface area (Å²) >= 11 is 0. The molecule has 3 nitrogen and oxygen atoms in total. The van der Waals surface area contributed by atoms with Gasteiger partial charge in [0.25, 0.3) is 0 Å². The van der Waals surface area contributed by atoms with Crippen LogP contribution in [0.4, 0.5) is 22.0 Å². The van der Waals surface area contributed by atoms with E-state index in [0.29, 0.717) is 12.3 Å². The lowest BCUT2D eigenvalue weighted by molar-refractivity contribution is -0.0325. The summed E-state index contributed by atoms with van der Waals surface area (Å²) in [4.78, 5) is 0. The van der Waals surface area contributed by atoms with Crippen molar-refractivity contribution in [2.24, 2.45) is 17.1 Å². The van der Waals surface area contributed by atoms with Crippen LogP contribution in [0.25, 0.3) is 0 Å². The quantitative estimate of drug-likeness (QED) is 0.180.